The first kappa shape index (κ1) is 19.3. The van der Waals surface area contributed by atoms with Gasteiger partial charge >= 0.3 is 0 Å². The zero-order valence-corrected chi connectivity index (χ0v) is 15.6. The zero-order valence-electron chi connectivity index (χ0n) is 13.1. The number of aliphatic hydroxyl groups is 1. The van der Waals surface area contributed by atoms with Gasteiger partial charge in [0.05, 0.1) is 0 Å². The van der Waals surface area contributed by atoms with E-state index in [2.05, 4.69) is 0 Å². The van der Waals surface area contributed by atoms with Gasteiger partial charge in [0.2, 0.25) is 0 Å². The van der Waals surface area contributed by atoms with Crippen LogP contribution >= 0.6 is 0 Å². The van der Waals surface area contributed by atoms with Crippen molar-refractivity contribution in [3.63, 3.8) is 0 Å². The van der Waals surface area contributed by atoms with Gasteiger partial charge < -0.3 is 5.11 Å². The van der Waals surface area contributed by atoms with Gasteiger partial charge in [0.15, 0.2) is 11.6 Å². The SMILES string of the molecule is CC(C)C(=O)/C=C(/O)c1ccc(C(=O)c2ccccc2)cc1.[Zr]. The normalized spacial score (nSPS) is 11.0. The molecule has 23 heavy (non-hydrogen) atoms. The predicted octanol–water partition coefficient (Wildman–Crippen LogP) is 4.04. The quantitative estimate of drug-likeness (QED) is 0.480. The van der Waals surface area contributed by atoms with E-state index >= 15 is 0 Å². The van der Waals surface area contributed by atoms with Crippen molar-refractivity contribution >= 4 is 17.3 Å². The van der Waals surface area contributed by atoms with Gasteiger partial charge in [0, 0.05) is 54.9 Å². The zero-order chi connectivity index (χ0) is 16.1. The Hall–Kier alpha value is -1.80. The van der Waals surface area contributed by atoms with E-state index in [1.165, 1.54) is 6.08 Å². The summed E-state index contributed by atoms with van der Waals surface area (Å²) in [7, 11) is 0. The Morgan fingerprint density at radius 1 is 0.870 bits per heavy atom. The van der Waals surface area contributed by atoms with E-state index in [1.54, 1.807) is 50.2 Å². The summed E-state index contributed by atoms with van der Waals surface area (Å²) in [6, 6.07) is 15.6. The molecule has 116 valence electrons. The van der Waals surface area contributed by atoms with Gasteiger partial charge in [0.25, 0.3) is 0 Å². The van der Waals surface area contributed by atoms with E-state index < -0.39 is 0 Å². The van der Waals surface area contributed by atoms with Crippen molar-refractivity contribution in [3.8, 4) is 0 Å². The summed E-state index contributed by atoms with van der Waals surface area (Å²) in [6.07, 6.45) is 1.22. The van der Waals surface area contributed by atoms with Gasteiger partial charge in [-0.2, -0.15) is 0 Å². The molecule has 0 radical (unpaired) electrons. The van der Waals surface area contributed by atoms with Crippen molar-refractivity contribution in [1.29, 1.82) is 0 Å². The van der Waals surface area contributed by atoms with Crippen LogP contribution in [0.1, 0.15) is 35.3 Å². The molecule has 0 saturated heterocycles. The number of rotatable bonds is 5. The second kappa shape index (κ2) is 8.74. The Kier molecular flexibility index (Phi) is 7.31. The molecule has 0 bridgehead atoms. The van der Waals surface area contributed by atoms with E-state index in [-0.39, 0.29) is 49.4 Å². The maximum absolute atomic E-state index is 12.3. The summed E-state index contributed by atoms with van der Waals surface area (Å²) in [5, 5.41) is 9.94. The van der Waals surface area contributed by atoms with Gasteiger partial charge in [-0.25, -0.2) is 0 Å². The fourth-order valence-corrected chi connectivity index (χ4v) is 1.93. The maximum atomic E-state index is 12.3. The van der Waals surface area contributed by atoms with Crippen molar-refractivity contribution < 1.29 is 40.9 Å². The molecule has 2 rings (SSSR count). The number of carbonyl (C=O) groups excluding carboxylic acids is 2. The molecular formula is C19H18O3Zr. The third kappa shape index (κ3) is 5.11. The van der Waals surface area contributed by atoms with Gasteiger partial charge in [-0.15, -0.1) is 0 Å². The minimum Gasteiger partial charge on any atom is -0.507 e. The molecule has 0 unspecified atom stereocenters. The van der Waals surface area contributed by atoms with Crippen molar-refractivity contribution in [2.75, 3.05) is 0 Å². The van der Waals surface area contributed by atoms with Crippen LogP contribution in [0.25, 0.3) is 5.76 Å². The maximum Gasteiger partial charge on any atom is 0.193 e. The third-order valence-electron chi connectivity index (χ3n) is 3.33. The Balaban J connectivity index is 0.00000264. The summed E-state index contributed by atoms with van der Waals surface area (Å²) in [5.41, 5.74) is 1.67. The van der Waals surface area contributed by atoms with Crippen LogP contribution < -0.4 is 0 Å². The molecular weight excluding hydrogens is 367 g/mol. The molecule has 0 atom stereocenters. The molecule has 0 saturated carbocycles. The summed E-state index contributed by atoms with van der Waals surface area (Å²) < 4.78 is 0. The molecule has 0 aliphatic carbocycles. The summed E-state index contributed by atoms with van der Waals surface area (Å²) in [4.78, 5) is 23.9. The number of ketones is 2. The Morgan fingerprint density at radius 2 is 1.35 bits per heavy atom. The average Bonchev–Trinajstić information content (AvgIpc) is 2.55. The third-order valence-corrected chi connectivity index (χ3v) is 3.33. The van der Waals surface area contributed by atoms with Crippen molar-refractivity contribution in [1.82, 2.24) is 0 Å². The average molecular weight is 386 g/mol. The fourth-order valence-electron chi connectivity index (χ4n) is 1.93. The molecule has 0 fully saturated rings. The summed E-state index contributed by atoms with van der Waals surface area (Å²) in [6.45, 7) is 3.54. The molecule has 0 aliphatic rings. The largest absolute Gasteiger partial charge is 0.507 e. The standard InChI is InChI=1S/C19H18O3.Zr/c1-13(2)17(20)12-18(21)14-8-10-16(11-9-14)19(22)15-6-4-3-5-7-15;/h3-13,21H,1-2H3;/b18-12+;. The van der Waals surface area contributed by atoms with Crippen LogP contribution in [0.3, 0.4) is 0 Å². The molecule has 2 aromatic carbocycles. The number of allylic oxidation sites excluding steroid dienone is 1. The molecule has 1 N–H and O–H groups in total. The number of carbonyl (C=O) groups is 2. The van der Waals surface area contributed by atoms with Crippen LogP contribution in [-0.4, -0.2) is 16.7 Å². The Bertz CT molecular complexity index is 701. The van der Waals surface area contributed by atoms with Gasteiger partial charge in [-0.05, 0) is 0 Å². The molecule has 0 spiro atoms. The minimum atomic E-state index is -0.166. The molecule has 4 heteroatoms. The van der Waals surface area contributed by atoms with Crippen LogP contribution in [0.5, 0.6) is 0 Å². The van der Waals surface area contributed by atoms with Crippen LogP contribution in [0.2, 0.25) is 0 Å². The van der Waals surface area contributed by atoms with Crippen molar-refractivity contribution in [2.24, 2.45) is 5.92 Å². The van der Waals surface area contributed by atoms with Crippen molar-refractivity contribution in [3.05, 3.63) is 77.4 Å². The second-order valence-corrected chi connectivity index (χ2v) is 5.36. The Morgan fingerprint density at radius 3 is 1.87 bits per heavy atom. The Labute approximate surface area is 155 Å². The molecule has 0 heterocycles. The van der Waals surface area contributed by atoms with E-state index in [0.29, 0.717) is 16.7 Å². The predicted molar refractivity (Wildman–Crippen MR) is 86.8 cm³/mol. The van der Waals surface area contributed by atoms with Crippen LogP contribution in [0.4, 0.5) is 0 Å². The van der Waals surface area contributed by atoms with Gasteiger partial charge in [0.1, 0.15) is 5.76 Å². The number of aliphatic hydroxyl groups excluding tert-OH is 1. The van der Waals surface area contributed by atoms with E-state index in [4.69, 9.17) is 0 Å². The number of hydrogen-bond donors (Lipinski definition) is 1. The number of hydrogen-bond acceptors (Lipinski definition) is 3. The smallest absolute Gasteiger partial charge is 0.193 e. The topological polar surface area (TPSA) is 54.4 Å². The number of benzene rings is 2. The summed E-state index contributed by atoms with van der Waals surface area (Å²) in [5.74, 6) is -0.464. The van der Waals surface area contributed by atoms with E-state index in [1.807, 2.05) is 18.2 Å². The van der Waals surface area contributed by atoms with Gasteiger partial charge in [-0.1, -0.05) is 68.4 Å². The molecule has 3 nitrogen and oxygen atoms in total. The van der Waals surface area contributed by atoms with Crippen LogP contribution in [0.15, 0.2) is 60.7 Å². The van der Waals surface area contributed by atoms with Crippen molar-refractivity contribution in [2.45, 2.75) is 13.8 Å². The first-order valence-electron chi connectivity index (χ1n) is 7.13. The molecule has 0 aliphatic heterocycles. The molecule has 2 aromatic rings. The monoisotopic (exact) mass is 384 g/mol. The molecule has 0 amide bonds. The minimum absolute atomic E-state index is 0. The van der Waals surface area contributed by atoms with E-state index in [9.17, 15) is 14.7 Å². The first-order chi connectivity index (χ1) is 10.5. The van der Waals surface area contributed by atoms with Crippen LogP contribution in [-0.2, 0) is 31.0 Å². The van der Waals surface area contributed by atoms with E-state index in [0.717, 1.165) is 0 Å². The molecule has 0 aromatic heterocycles. The fraction of sp³-hybridized carbons (Fsp3) is 0.158. The van der Waals surface area contributed by atoms with Crippen LogP contribution in [0, 0.1) is 5.92 Å². The summed E-state index contributed by atoms with van der Waals surface area (Å²) >= 11 is 0. The van der Waals surface area contributed by atoms with Gasteiger partial charge in [-0.3, -0.25) is 9.59 Å². The second-order valence-electron chi connectivity index (χ2n) is 5.36. The first-order valence-corrected chi connectivity index (χ1v) is 7.13.